The van der Waals surface area contributed by atoms with E-state index in [1.165, 1.54) is 0 Å². The topological polar surface area (TPSA) is 47.3 Å². The van der Waals surface area contributed by atoms with Crippen LogP contribution in [0.3, 0.4) is 0 Å². The molecule has 1 aromatic carbocycles. The molecule has 0 unspecified atom stereocenters. The van der Waals surface area contributed by atoms with Crippen LogP contribution in [0.25, 0.3) is 0 Å². The molecule has 0 saturated carbocycles. The van der Waals surface area contributed by atoms with E-state index in [1.54, 1.807) is 0 Å². The molecule has 0 bridgehead atoms. The maximum absolute atomic E-state index is 9.24. The number of hydrogen-bond donors (Lipinski definition) is 1. The molecule has 1 aromatic heterocycles. The SMILES string of the molecule is CCc1nn(C)c(COc2ccc(Br)c(CO)c2)c1Br. The lowest BCUT2D eigenvalue weighted by molar-refractivity contribution is 0.275. The molecule has 0 aliphatic carbocycles. The van der Waals surface area contributed by atoms with Crippen LogP contribution in [0.2, 0.25) is 0 Å². The van der Waals surface area contributed by atoms with Crippen molar-refractivity contribution < 1.29 is 9.84 Å². The summed E-state index contributed by atoms with van der Waals surface area (Å²) in [6, 6.07) is 5.57. The number of nitrogens with zero attached hydrogens (tertiary/aromatic N) is 2. The van der Waals surface area contributed by atoms with Gasteiger partial charge in [-0.05, 0) is 46.1 Å². The molecule has 20 heavy (non-hydrogen) atoms. The van der Waals surface area contributed by atoms with Crippen LogP contribution in [0.15, 0.2) is 27.1 Å². The molecule has 0 atom stereocenters. The minimum Gasteiger partial charge on any atom is -0.487 e. The van der Waals surface area contributed by atoms with Crippen molar-refractivity contribution in [1.29, 1.82) is 0 Å². The normalized spacial score (nSPS) is 10.8. The minimum absolute atomic E-state index is 0.0207. The van der Waals surface area contributed by atoms with E-state index in [0.717, 1.165) is 38.1 Å². The Kier molecular flexibility index (Phi) is 5.23. The summed E-state index contributed by atoms with van der Waals surface area (Å²) >= 11 is 6.95. The molecule has 0 fully saturated rings. The monoisotopic (exact) mass is 402 g/mol. The zero-order valence-corrected chi connectivity index (χ0v) is 14.5. The van der Waals surface area contributed by atoms with E-state index in [-0.39, 0.29) is 6.61 Å². The predicted octanol–water partition coefficient (Wildman–Crippen LogP) is 3.58. The lowest BCUT2D eigenvalue weighted by atomic mass is 10.2. The number of hydrogen-bond acceptors (Lipinski definition) is 3. The van der Waals surface area contributed by atoms with Crippen LogP contribution in [0, 0.1) is 0 Å². The van der Waals surface area contributed by atoms with E-state index in [2.05, 4.69) is 43.9 Å². The zero-order valence-electron chi connectivity index (χ0n) is 11.4. The number of halogens is 2. The maximum atomic E-state index is 9.24. The third kappa shape index (κ3) is 3.24. The molecule has 0 saturated heterocycles. The Hall–Kier alpha value is -0.850. The largest absolute Gasteiger partial charge is 0.487 e. The van der Waals surface area contributed by atoms with Crippen LogP contribution >= 0.6 is 31.9 Å². The van der Waals surface area contributed by atoms with E-state index >= 15 is 0 Å². The smallest absolute Gasteiger partial charge is 0.131 e. The van der Waals surface area contributed by atoms with Gasteiger partial charge in [0, 0.05) is 11.5 Å². The fourth-order valence-electron chi connectivity index (χ4n) is 1.89. The van der Waals surface area contributed by atoms with Gasteiger partial charge in [0.25, 0.3) is 0 Å². The highest BCUT2D eigenvalue weighted by atomic mass is 79.9. The van der Waals surface area contributed by atoms with Crippen LogP contribution in [-0.2, 0) is 26.7 Å². The first-order chi connectivity index (χ1) is 9.56. The number of ether oxygens (including phenoxy) is 1. The van der Waals surface area contributed by atoms with Gasteiger partial charge in [-0.25, -0.2) is 0 Å². The molecule has 1 N–H and O–H groups in total. The van der Waals surface area contributed by atoms with Crippen molar-refractivity contribution in [2.75, 3.05) is 0 Å². The number of benzene rings is 1. The summed E-state index contributed by atoms with van der Waals surface area (Å²) in [5.41, 5.74) is 2.83. The minimum atomic E-state index is -0.0207. The lowest BCUT2D eigenvalue weighted by Gasteiger charge is -2.09. The Morgan fingerprint density at radius 3 is 2.70 bits per heavy atom. The van der Waals surface area contributed by atoms with E-state index in [0.29, 0.717) is 6.61 Å². The second-order valence-electron chi connectivity index (χ2n) is 4.38. The van der Waals surface area contributed by atoms with E-state index in [1.807, 2.05) is 29.9 Å². The van der Waals surface area contributed by atoms with Crippen LogP contribution in [-0.4, -0.2) is 14.9 Å². The third-order valence-corrected chi connectivity index (χ3v) is 4.76. The molecular weight excluding hydrogens is 388 g/mol. The molecular formula is C14H16Br2N2O2. The van der Waals surface area contributed by atoms with Crippen molar-refractivity contribution in [2.45, 2.75) is 26.6 Å². The summed E-state index contributed by atoms with van der Waals surface area (Å²) in [6.07, 6.45) is 0.876. The van der Waals surface area contributed by atoms with E-state index < -0.39 is 0 Å². The molecule has 0 aliphatic rings. The number of aryl methyl sites for hydroxylation is 2. The second-order valence-corrected chi connectivity index (χ2v) is 6.03. The molecule has 0 spiro atoms. The summed E-state index contributed by atoms with van der Waals surface area (Å²) < 4.78 is 9.49. The molecule has 0 amide bonds. The summed E-state index contributed by atoms with van der Waals surface area (Å²) in [7, 11) is 1.91. The Bertz CT molecular complexity index is 611. The molecule has 0 radical (unpaired) electrons. The molecule has 2 aromatic rings. The quantitative estimate of drug-likeness (QED) is 0.829. The average molecular weight is 404 g/mol. The van der Waals surface area contributed by atoms with Gasteiger partial charge in [0.1, 0.15) is 12.4 Å². The first-order valence-corrected chi connectivity index (χ1v) is 7.87. The van der Waals surface area contributed by atoms with Crippen LogP contribution in [0.5, 0.6) is 5.75 Å². The molecule has 1 heterocycles. The summed E-state index contributed by atoms with van der Waals surface area (Å²) in [5.74, 6) is 0.725. The number of rotatable bonds is 5. The van der Waals surface area contributed by atoms with E-state index in [9.17, 15) is 5.11 Å². The van der Waals surface area contributed by atoms with Gasteiger partial charge in [0.05, 0.1) is 22.5 Å². The third-order valence-electron chi connectivity index (χ3n) is 3.07. The molecule has 6 heteroatoms. The number of aliphatic hydroxyl groups is 1. The predicted molar refractivity (Wildman–Crippen MR) is 84.7 cm³/mol. The Morgan fingerprint density at radius 1 is 1.35 bits per heavy atom. The van der Waals surface area contributed by atoms with Gasteiger partial charge in [0.15, 0.2) is 0 Å². The van der Waals surface area contributed by atoms with Gasteiger partial charge in [0.2, 0.25) is 0 Å². The van der Waals surface area contributed by atoms with Crippen molar-refractivity contribution in [2.24, 2.45) is 7.05 Å². The first-order valence-electron chi connectivity index (χ1n) is 6.29. The van der Waals surface area contributed by atoms with Gasteiger partial charge >= 0.3 is 0 Å². The second kappa shape index (κ2) is 6.74. The maximum Gasteiger partial charge on any atom is 0.131 e. The first kappa shape index (κ1) is 15.5. The molecule has 4 nitrogen and oxygen atoms in total. The lowest BCUT2D eigenvalue weighted by Crippen LogP contribution is -2.04. The van der Waals surface area contributed by atoms with Crippen LogP contribution in [0.4, 0.5) is 0 Å². The van der Waals surface area contributed by atoms with Gasteiger partial charge < -0.3 is 9.84 Å². The average Bonchev–Trinajstić information content (AvgIpc) is 2.72. The highest BCUT2D eigenvalue weighted by molar-refractivity contribution is 9.10. The summed E-state index contributed by atoms with van der Waals surface area (Å²) in [4.78, 5) is 0. The van der Waals surface area contributed by atoms with Gasteiger partial charge in [-0.1, -0.05) is 22.9 Å². The number of aromatic nitrogens is 2. The van der Waals surface area contributed by atoms with Gasteiger partial charge in [-0.2, -0.15) is 5.10 Å². The highest BCUT2D eigenvalue weighted by Gasteiger charge is 2.13. The van der Waals surface area contributed by atoms with Crippen molar-refractivity contribution in [1.82, 2.24) is 9.78 Å². The Balaban J connectivity index is 2.15. The fraction of sp³-hybridized carbons (Fsp3) is 0.357. The van der Waals surface area contributed by atoms with Crippen molar-refractivity contribution in [3.63, 3.8) is 0 Å². The van der Waals surface area contributed by atoms with Crippen molar-refractivity contribution in [3.8, 4) is 5.75 Å². The Morgan fingerprint density at radius 2 is 2.10 bits per heavy atom. The van der Waals surface area contributed by atoms with Crippen molar-refractivity contribution >= 4 is 31.9 Å². The molecule has 108 valence electrons. The Labute approximate surface area is 135 Å². The summed E-state index contributed by atoms with van der Waals surface area (Å²) in [5, 5.41) is 13.7. The fourth-order valence-corrected chi connectivity index (χ4v) is 2.99. The van der Waals surface area contributed by atoms with Crippen LogP contribution in [0.1, 0.15) is 23.9 Å². The van der Waals surface area contributed by atoms with Crippen molar-refractivity contribution in [3.05, 3.63) is 44.1 Å². The standard InChI is InChI=1S/C14H16Br2N2O2/c1-3-12-14(16)13(18(2)17-12)8-20-10-4-5-11(15)9(6-10)7-19/h4-6,19H,3,7-8H2,1-2H3. The summed E-state index contributed by atoms with van der Waals surface area (Å²) in [6.45, 7) is 2.48. The van der Waals surface area contributed by atoms with Gasteiger partial charge in [-0.3, -0.25) is 4.68 Å². The van der Waals surface area contributed by atoms with Crippen LogP contribution < -0.4 is 4.74 Å². The van der Waals surface area contributed by atoms with E-state index in [4.69, 9.17) is 4.74 Å². The molecule has 2 rings (SSSR count). The van der Waals surface area contributed by atoms with Gasteiger partial charge in [-0.15, -0.1) is 0 Å². The highest BCUT2D eigenvalue weighted by Crippen LogP contribution is 2.26. The molecule has 0 aliphatic heterocycles. The number of aliphatic hydroxyl groups excluding tert-OH is 1. The zero-order chi connectivity index (χ0) is 14.7.